The minimum atomic E-state index is -0.312. The Morgan fingerprint density at radius 2 is 2.00 bits per heavy atom. The zero-order valence-corrected chi connectivity index (χ0v) is 12.5. The van der Waals surface area contributed by atoms with Gasteiger partial charge in [0.05, 0.1) is 4.53 Å². The number of thiazole rings is 1. The predicted molar refractivity (Wildman–Crippen MR) is 85.5 cm³/mol. The fourth-order valence-electron chi connectivity index (χ4n) is 2.16. The highest BCUT2D eigenvalue weighted by Crippen LogP contribution is 2.14. The van der Waals surface area contributed by atoms with Crippen LogP contribution in [-0.2, 0) is 0 Å². The maximum Gasteiger partial charge on any atom is 0.291 e. The summed E-state index contributed by atoms with van der Waals surface area (Å²) >= 11 is 1.25. The first kappa shape index (κ1) is 13.7. The Hall–Kier alpha value is -2.93. The molecular formula is C16H9FN4OS. The molecule has 3 heterocycles. The average molecular weight is 324 g/mol. The smallest absolute Gasteiger partial charge is 0.266 e. The van der Waals surface area contributed by atoms with E-state index in [1.807, 2.05) is 6.07 Å². The average Bonchev–Trinajstić information content (AvgIpc) is 3.11. The molecule has 0 saturated heterocycles. The van der Waals surface area contributed by atoms with Crippen LogP contribution in [0.3, 0.4) is 0 Å². The van der Waals surface area contributed by atoms with Gasteiger partial charge in [0.25, 0.3) is 5.56 Å². The van der Waals surface area contributed by atoms with Crippen molar-refractivity contribution in [1.82, 2.24) is 19.6 Å². The quantitative estimate of drug-likeness (QED) is 0.565. The molecule has 0 amide bonds. The summed E-state index contributed by atoms with van der Waals surface area (Å²) in [5.41, 5.74) is 1.27. The molecule has 0 bridgehead atoms. The van der Waals surface area contributed by atoms with Crippen LogP contribution in [0.25, 0.3) is 22.4 Å². The molecular weight excluding hydrogens is 315 g/mol. The molecule has 0 aliphatic rings. The van der Waals surface area contributed by atoms with E-state index in [4.69, 9.17) is 0 Å². The lowest BCUT2D eigenvalue weighted by Gasteiger charge is -1.91. The summed E-state index contributed by atoms with van der Waals surface area (Å²) in [4.78, 5) is 21.3. The van der Waals surface area contributed by atoms with Crippen molar-refractivity contribution in [2.45, 2.75) is 0 Å². The van der Waals surface area contributed by atoms with E-state index in [2.05, 4.69) is 15.1 Å². The van der Waals surface area contributed by atoms with Gasteiger partial charge in [-0.1, -0.05) is 23.5 Å². The van der Waals surface area contributed by atoms with Crippen LogP contribution in [0, 0.1) is 5.82 Å². The molecule has 0 atom stereocenters. The van der Waals surface area contributed by atoms with Crippen LogP contribution in [0.1, 0.15) is 5.56 Å². The van der Waals surface area contributed by atoms with E-state index in [1.54, 1.807) is 36.7 Å². The van der Waals surface area contributed by atoms with Crippen LogP contribution in [0.4, 0.5) is 4.39 Å². The minimum Gasteiger partial charge on any atom is -0.266 e. The Balaban J connectivity index is 1.82. The first-order valence-corrected chi connectivity index (χ1v) is 7.60. The largest absolute Gasteiger partial charge is 0.291 e. The van der Waals surface area contributed by atoms with Crippen molar-refractivity contribution in [3.05, 3.63) is 75.1 Å². The number of hydrogen-bond donors (Lipinski definition) is 0. The molecule has 0 unspecified atom stereocenters. The molecule has 23 heavy (non-hydrogen) atoms. The fraction of sp³-hybridized carbons (Fsp3) is 0. The van der Waals surface area contributed by atoms with Crippen LogP contribution in [0.2, 0.25) is 0 Å². The zero-order valence-electron chi connectivity index (χ0n) is 11.7. The summed E-state index contributed by atoms with van der Waals surface area (Å²) in [5.74, 6) is 0.156. The van der Waals surface area contributed by atoms with Gasteiger partial charge >= 0.3 is 0 Å². The lowest BCUT2D eigenvalue weighted by Crippen LogP contribution is -2.23. The van der Waals surface area contributed by atoms with Crippen LogP contribution in [0.15, 0.2) is 53.6 Å². The van der Waals surface area contributed by atoms with Gasteiger partial charge < -0.3 is 0 Å². The van der Waals surface area contributed by atoms with Crippen molar-refractivity contribution in [2.75, 3.05) is 0 Å². The number of halogens is 1. The number of rotatable bonds is 2. The molecule has 0 N–H and O–H groups in total. The predicted octanol–water partition coefficient (Wildman–Crippen LogP) is 1.90. The number of benzene rings is 1. The van der Waals surface area contributed by atoms with E-state index in [0.29, 0.717) is 15.3 Å². The van der Waals surface area contributed by atoms with Gasteiger partial charge in [-0.05, 0) is 35.9 Å². The number of fused-ring (bicyclic) bond motifs is 1. The lowest BCUT2D eigenvalue weighted by molar-refractivity contribution is 0.628. The van der Waals surface area contributed by atoms with Crippen LogP contribution in [0.5, 0.6) is 0 Å². The van der Waals surface area contributed by atoms with Gasteiger partial charge in [-0.2, -0.15) is 9.50 Å². The van der Waals surface area contributed by atoms with Gasteiger partial charge in [-0.15, -0.1) is 5.10 Å². The van der Waals surface area contributed by atoms with Crippen molar-refractivity contribution in [1.29, 1.82) is 0 Å². The third kappa shape index (κ3) is 2.51. The molecule has 1 aromatic carbocycles. The molecule has 0 radical (unpaired) electrons. The second kappa shape index (κ2) is 5.36. The van der Waals surface area contributed by atoms with Crippen molar-refractivity contribution in [3.63, 3.8) is 0 Å². The van der Waals surface area contributed by atoms with Crippen LogP contribution in [-0.4, -0.2) is 19.6 Å². The minimum absolute atomic E-state index is 0.239. The fourth-order valence-corrected chi connectivity index (χ4v) is 3.07. The Morgan fingerprint density at radius 3 is 2.70 bits per heavy atom. The molecule has 0 aliphatic heterocycles. The maximum atomic E-state index is 12.9. The monoisotopic (exact) mass is 324 g/mol. The normalized spacial score (nSPS) is 12.1. The Labute approximate surface area is 133 Å². The van der Waals surface area contributed by atoms with E-state index in [-0.39, 0.29) is 11.4 Å². The first-order chi connectivity index (χ1) is 11.2. The molecule has 0 saturated carbocycles. The molecule has 4 rings (SSSR count). The van der Waals surface area contributed by atoms with Crippen molar-refractivity contribution in [3.8, 4) is 11.4 Å². The molecule has 112 valence electrons. The van der Waals surface area contributed by atoms with Gasteiger partial charge in [-0.25, -0.2) is 4.39 Å². The van der Waals surface area contributed by atoms with Crippen molar-refractivity contribution >= 4 is 22.4 Å². The lowest BCUT2D eigenvalue weighted by atomic mass is 10.2. The Morgan fingerprint density at radius 1 is 1.17 bits per heavy atom. The third-order valence-electron chi connectivity index (χ3n) is 3.27. The molecule has 0 aliphatic carbocycles. The van der Waals surface area contributed by atoms with Gasteiger partial charge in [-0.3, -0.25) is 9.78 Å². The second-order valence-corrected chi connectivity index (χ2v) is 5.85. The van der Waals surface area contributed by atoms with E-state index < -0.39 is 0 Å². The molecule has 4 aromatic rings. The highest BCUT2D eigenvalue weighted by Gasteiger charge is 2.11. The Kier molecular flexibility index (Phi) is 3.20. The van der Waals surface area contributed by atoms with E-state index in [9.17, 15) is 9.18 Å². The van der Waals surface area contributed by atoms with Crippen LogP contribution < -0.4 is 10.1 Å². The standard InChI is InChI=1S/C16H9FN4OS/c17-12-5-3-10(4-6-12)8-13-15(22)21-16(23-13)19-14(20-21)11-2-1-7-18-9-11/h1-9H. The topological polar surface area (TPSA) is 60.2 Å². The van der Waals surface area contributed by atoms with E-state index in [1.165, 1.54) is 28.0 Å². The number of aromatic nitrogens is 4. The summed E-state index contributed by atoms with van der Waals surface area (Å²) in [7, 11) is 0. The summed E-state index contributed by atoms with van der Waals surface area (Å²) in [6, 6.07) is 9.57. The van der Waals surface area contributed by atoms with Crippen molar-refractivity contribution in [2.24, 2.45) is 0 Å². The summed E-state index contributed by atoms with van der Waals surface area (Å²) < 4.78 is 14.7. The second-order valence-electron chi connectivity index (χ2n) is 4.84. The van der Waals surface area contributed by atoms with Gasteiger partial charge in [0, 0.05) is 18.0 Å². The van der Waals surface area contributed by atoms with Gasteiger partial charge in [0.1, 0.15) is 5.82 Å². The maximum absolute atomic E-state index is 12.9. The summed E-state index contributed by atoms with van der Waals surface area (Å²) in [6.45, 7) is 0. The van der Waals surface area contributed by atoms with Crippen LogP contribution >= 0.6 is 11.3 Å². The van der Waals surface area contributed by atoms with E-state index >= 15 is 0 Å². The number of pyridine rings is 1. The molecule has 3 aromatic heterocycles. The SMILES string of the molecule is O=c1c(=Cc2ccc(F)cc2)sc2nc(-c3cccnc3)nn12. The molecule has 7 heteroatoms. The highest BCUT2D eigenvalue weighted by molar-refractivity contribution is 7.15. The highest BCUT2D eigenvalue weighted by atomic mass is 32.1. The number of nitrogens with zero attached hydrogens (tertiary/aromatic N) is 4. The molecule has 0 fully saturated rings. The van der Waals surface area contributed by atoms with Crippen molar-refractivity contribution < 1.29 is 4.39 Å². The first-order valence-electron chi connectivity index (χ1n) is 6.78. The van der Waals surface area contributed by atoms with Gasteiger partial charge in [0.2, 0.25) is 4.96 Å². The third-order valence-corrected chi connectivity index (χ3v) is 4.23. The summed E-state index contributed by atoms with van der Waals surface area (Å²) in [6.07, 6.45) is 5.01. The van der Waals surface area contributed by atoms with E-state index in [0.717, 1.165) is 11.1 Å². The number of hydrogen-bond acceptors (Lipinski definition) is 5. The Bertz CT molecular complexity index is 1090. The molecule has 5 nitrogen and oxygen atoms in total. The van der Waals surface area contributed by atoms with Gasteiger partial charge in [0.15, 0.2) is 5.82 Å². The molecule has 0 spiro atoms. The summed E-state index contributed by atoms with van der Waals surface area (Å²) in [5, 5.41) is 4.24. The zero-order chi connectivity index (χ0) is 15.8.